The predicted octanol–water partition coefficient (Wildman–Crippen LogP) is 3.07. The Labute approximate surface area is 150 Å². The molecule has 0 atom stereocenters. The molecule has 0 unspecified atom stereocenters. The number of hydrogen-bond donors (Lipinski definition) is 1. The Kier molecular flexibility index (Phi) is 5.98. The van der Waals surface area contributed by atoms with Gasteiger partial charge in [-0.1, -0.05) is 11.6 Å². The van der Waals surface area contributed by atoms with Crippen molar-refractivity contribution in [1.82, 2.24) is 0 Å². The Bertz CT molecular complexity index is 826. The third-order valence-corrected chi connectivity index (χ3v) is 3.57. The average molecular weight is 358 g/mol. The SMILES string of the molecule is CN(C)c1ccc(C(=O)OCC(=O)Nc2cc(Cl)ccc2C#N)cc1. The van der Waals surface area contributed by atoms with Gasteiger partial charge in [-0.05, 0) is 42.5 Å². The highest BCUT2D eigenvalue weighted by molar-refractivity contribution is 6.31. The fourth-order valence-corrected chi connectivity index (χ4v) is 2.19. The van der Waals surface area contributed by atoms with Crippen LogP contribution in [0.25, 0.3) is 0 Å². The summed E-state index contributed by atoms with van der Waals surface area (Å²) in [6.45, 7) is -0.467. The Morgan fingerprint density at radius 1 is 1.20 bits per heavy atom. The molecule has 0 saturated carbocycles. The molecular weight excluding hydrogens is 342 g/mol. The molecule has 0 aromatic heterocycles. The van der Waals surface area contributed by atoms with Crippen molar-refractivity contribution >= 4 is 34.9 Å². The van der Waals surface area contributed by atoms with E-state index in [-0.39, 0.29) is 11.3 Å². The van der Waals surface area contributed by atoms with Gasteiger partial charge in [-0.25, -0.2) is 4.79 Å². The van der Waals surface area contributed by atoms with Crippen molar-refractivity contribution in [2.24, 2.45) is 0 Å². The molecule has 128 valence electrons. The number of rotatable bonds is 5. The quantitative estimate of drug-likeness (QED) is 0.831. The third-order valence-electron chi connectivity index (χ3n) is 3.33. The number of ether oxygens (including phenoxy) is 1. The van der Waals surface area contributed by atoms with Crippen molar-refractivity contribution < 1.29 is 14.3 Å². The Balaban J connectivity index is 1.95. The van der Waals surface area contributed by atoms with Crippen LogP contribution in [0.1, 0.15) is 15.9 Å². The summed E-state index contributed by atoms with van der Waals surface area (Å²) in [5.74, 6) is -1.16. The Hall–Kier alpha value is -3.04. The summed E-state index contributed by atoms with van der Waals surface area (Å²) >= 11 is 5.85. The number of amides is 1. The molecule has 0 aliphatic carbocycles. The second kappa shape index (κ2) is 8.18. The summed E-state index contributed by atoms with van der Waals surface area (Å²) in [6, 6.07) is 13.3. The number of esters is 1. The molecule has 25 heavy (non-hydrogen) atoms. The first-order chi connectivity index (χ1) is 11.9. The van der Waals surface area contributed by atoms with Crippen LogP contribution in [0.5, 0.6) is 0 Å². The van der Waals surface area contributed by atoms with Crippen molar-refractivity contribution in [3.63, 3.8) is 0 Å². The standard InChI is InChI=1S/C18H16ClN3O3/c1-22(2)15-7-4-12(5-8-15)18(24)25-11-17(23)21-16-9-14(19)6-3-13(16)10-20/h3-9H,11H2,1-2H3,(H,21,23). The summed E-state index contributed by atoms with van der Waals surface area (Å²) in [6.07, 6.45) is 0. The fraction of sp³-hybridized carbons (Fsp3) is 0.167. The average Bonchev–Trinajstić information content (AvgIpc) is 2.60. The van der Waals surface area contributed by atoms with E-state index in [9.17, 15) is 9.59 Å². The van der Waals surface area contributed by atoms with Crippen LogP contribution < -0.4 is 10.2 Å². The first kappa shape index (κ1) is 18.3. The van der Waals surface area contributed by atoms with Gasteiger partial charge < -0.3 is 15.0 Å². The van der Waals surface area contributed by atoms with Crippen molar-refractivity contribution in [2.45, 2.75) is 0 Å². The molecule has 6 nitrogen and oxygen atoms in total. The molecular formula is C18H16ClN3O3. The minimum atomic E-state index is -0.605. The van der Waals surface area contributed by atoms with Crippen LogP contribution in [0.4, 0.5) is 11.4 Å². The van der Waals surface area contributed by atoms with Crippen LogP contribution >= 0.6 is 11.6 Å². The van der Waals surface area contributed by atoms with Gasteiger partial charge in [-0.15, -0.1) is 0 Å². The lowest BCUT2D eigenvalue weighted by atomic mass is 10.2. The number of nitrogens with zero attached hydrogens (tertiary/aromatic N) is 2. The summed E-state index contributed by atoms with van der Waals surface area (Å²) in [5.41, 5.74) is 1.83. The summed E-state index contributed by atoms with van der Waals surface area (Å²) in [5, 5.41) is 11.9. The molecule has 2 rings (SSSR count). The molecule has 0 radical (unpaired) electrons. The molecule has 0 heterocycles. The van der Waals surface area contributed by atoms with Gasteiger partial charge in [0.1, 0.15) is 6.07 Å². The molecule has 0 spiro atoms. The number of nitriles is 1. The van der Waals surface area contributed by atoms with E-state index in [1.807, 2.05) is 25.1 Å². The van der Waals surface area contributed by atoms with Gasteiger partial charge in [0.15, 0.2) is 6.61 Å². The van der Waals surface area contributed by atoms with E-state index in [1.165, 1.54) is 12.1 Å². The maximum absolute atomic E-state index is 12.0. The van der Waals surface area contributed by atoms with Gasteiger partial charge in [0.05, 0.1) is 16.8 Å². The second-order valence-corrected chi connectivity index (χ2v) is 5.80. The van der Waals surface area contributed by atoms with Gasteiger partial charge in [0, 0.05) is 24.8 Å². The highest BCUT2D eigenvalue weighted by Gasteiger charge is 2.12. The molecule has 0 fully saturated rings. The van der Waals surface area contributed by atoms with Crippen LogP contribution in [-0.4, -0.2) is 32.6 Å². The van der Waals surface area contributed by atoms with E-state index in [2.05, 4.69) is 5.32 Å². The molecule has 0 bridgehead atoms. The van der Waals surface area contributed by atoms with Crippen molar-refractivity contribution in [3.8, 4) is 6.07 Å². The number of halogens is 1. The largest absolute Gasteiger partial charge is 0.452 e. The highest BCUT2D eigenvalue weighted by Crippen LogP contribution is 2.20. The Morgan fingerprint density at radius 2 is 1.88 bits per heavy atom. The van der Waals surface area contributed by atoms with E-state index in [0.717, 1.165) is 5.69 Å². The maximum atomic E-state index is 12.0. The molecule has 0 saturated heterocycles. The number of carbonyl (C=O) groups is 2. The van der Waals surface area contributed by atoms with Gasteiger partial charge in [0.25, 0.3) is 5.91 Å². The van der Waals surface area contributed by atoms with Crippen LogP contribution in [-0.2, 0) is 9.53 Å². The zero-order valence-electron chi connectivity index (χ0n) is 13.7. The smallest absolute Gasteiger partial charge is 0.338 e. The van der Waals surface area contributed by atoms with Crippen molar-refractivity contribution in [2.75, 3.05) is 30.9 Å². The maximum Gasteiger partial charge on any atom is 0.338 e. The fourth-order valence-electron chi connectivity index (χ4n) is 2.01. The summed E-state index contributed by atoms with van der Waals surface area (Å²) in [7, 11) is 3.78. The van der Waals surface area contributed by atoms with Crippen LogP contribution in [0.2, 0.25) is 5.02 Å². The zero-order valence-corrected chi connectivity index (χ0v) is 14.5. The third kappa shape index (κ3) is 4.96. The lowest BCUT2D eigenvalue weighted by molar-refractivity contribution is -0.119. The van der Waals surface area contributed by atoms with Gasteiger partial charge >= 0.3 is 5.97 Å². The first-order valence-corrected chi connectivity index (χ1v) is 7.72. The molecule has 0 aliphatic rings. The molecule has 0 aliphatic heterocycles. The van der Waals surface area contributed by atoms with E-state index in [4.69, 9.17) is 21.6 Å². The van der Waals surface area contributed by atoms with Crippen LogP contribution in [0.3, 0.4) is 0 Å². The minimum Gasteiger partial charge on any atom is -0.452 e. The van der Waals surface area contributed by atoms with E-state index < -0.39 is 18.5 Å². The number of nitrogens with one attached hydrogen (secondary N) is 1. The van der Waals surface area contributed by atoms with Crippen molar-refractivity contribution in [3.05, 3.63) is 58.6 Å². The van der Waals surface area contributed by atoms with Crippen LogP contribution in [0, 0.1) is 11.3 Å². The minimum absolute atomic E-state index is 0.267. The van der Waals surface area contributed by atoms with Crippen molar-refractivity contribution in [1.29, 1.82) is 5.26 Å². The van der Waals surface area contributed by atoms with Gasteiger partial charge in [-0.3, -0.25) is 4.79 Å². The predicted molar refractivity (Wildman–Crippen MR) is 95.8 cm³/mol. The normalized spacial score (nSPS) is 9.84. The number of benzene rings is 2. The summed E-state index contributed by atoms with van der Waals surface area (Å²) in [4.78, 5) is 25.8. The first-order valence-electron chi connectivity index (χ1n) is 7.34. The molecule has 7 heteroatoms. The monoisotopic (exact) mass is 357 g/mol. The zero-order chi connectivity index (χ0) is 18.4. The Morgan fingerprint density at radius 3 is 2.48 bits per heavy atom. The second-order valence-electron chi connectivity index (χ2n) is 5.37. The highest BCUT2D eigenvalue weighted by atomic mass is 35.5. The van der Waals surface area contributed by atoms with E-state index >= 15 is 0 Å². The van der Waals surface area contributed by atoms with E-state index in [0.29, 0.717) is 10.6 Å². The number of hydrogen-bond acceptors (Lipinski definition) is 5. The molecule has 2 aromatic rings. The van der Waals surface area contributed by atoms with Gasteiger partial charge in [0.2, 0.25) is 0 Å². The number of anilines is 2. The molecule has 1 amide bonds. The summed E-state index contributed by atoms with van der Waals surface area (Å²) < 4.78 is 4.99. The lowest BCUT2D eigenvalue weighted by Gasteiger charge is -2.12. The van der Waals surface area contributed by atoms with E-state index in [1.54, 1.807) is 30.3 Å². The van der Waals surface area contributed by atoms with Crippen LogP contribution in [0.15, 0.2) is 42.5 Å². The topological polar surface area (TPSA) is 82.4 Å². The molecule has 1 N–H and O–H groups in total. The van der Waals surface area contributed by atoms with Gasteiger partial charge in [-0.2, -0.15) is 5.26 Å². The number of carbonyl (C=O) groups excluding carboxylic acids is 2. The molecule has 2 aromatic carbocycles. The lowest BCUT2D eigenvalue weighted by Crippen LogP contribution is -2.21.